The Balaban J connectivity index is 1.64. The predicted molar refractivity (Wildman–Crippen MR) is 116 cm³/mol. The molecule has 0 unspecified atom stereocenters. The smallest absolute Gasteiger partial charge is 0.257 e. The third kappa shape index (κ3) is 3.68. The van der Waals surface area contributed by atoms with Crippen molar-refractivity contribution in [3.8, 4) is 11.5 Å². The second-order valence-corrected chi connectivity index (χ2v) is 7.91. The number of anilines is 1. The molecular weight excluding hydrogens is 440 g/mol. The van der Waals surface area contributed by atoms with Crippen LogP contribution in [0.4, 0.5) is 5.69 Å². The first kappa shape index (κ1) is 18.7. The summed E-state index contributed by atoms with van der Waals surface area (Å²) in [5.41, 5.74) is 5.69. The van der Waals surface area contributed by atoms with E-state index in [9.17, 15) is 4.79 Å². The number of oxazole rings is 1. The van der Waals surface area contributed by atoms with E-state index in [1.807, 2.05) is 50.2 Å². The Morgan fingerprint density at radius 1 is 1.07 bits per heavy atom. The number of aromatic nitrogens is 1. The molecule has 4 aromatic rings. The van der Waals surface area contributed by atoms with E-state index >= 15 is 0 Å². The van der Waals surface area contributed by atoms with Crippen LogP contribution in [-0.2, 0) is 0 Å². The molecule has 0 fully saturated rings. The minimum atomic E-state index is -0.285. The highest BCUT2D eigenvalue weighted by Gasteiger charge is 2.13. The molecule has 0 radical (unpaired) electrons. The normalized spacial score (nSPS) is 11.0. The van der Waals surface area contributed by atoms with Crippen LogP contribution in [-0.4, -0.2) is 10.9 Å². The Morgan fingerprint density at radius 3 is 2.68 bits per heavy atom. The largest absolute Gasteiger partial charge is 0.436 e. The first-order valence-corrected chi connectivity index (χ1v) is 9.82. The van der Waals surface area contributed by atoms with Gasteiger partial charge in [-0.25, -0.2) is 4.98 Å². The lowest BCUT2D eigenvalue weighted by Gasteiger charge is -2.08. The SMILES string of the molecule is Cc1cc2nc(-c3cccc(NC(=O)c4cc(Br)ccc4Cl)c3)oc2cc1C. The molecule has 0 aliphatic heterocycles. The fraction of sp³-hybridized carbons (Fsp3) is 0.0909. The maximum atomic E-state index is 12.6. The van der Waals surface area contributed by atoms with Crippen molar-refractivity contribution in [3.05, 3.63) is 80.8 Å². The van der Waals surface area contributed by atoms with Gasteiger partial charge >= 0.3 is 0 Å². The van der Waals surface area contributed by atoms with Gasteiger partial charge in [-0.1, -0.05) is 33.6 Å². The van der Waals surface area contributed by atoms with Crippen molar-refractivity contribution in [2.45, 2.75) is 13.8 Å². The summed E-state index contributed by atoms with van der Waals surface area (Å²) < 4.78 is 6.70. The van der Waals surface area contributed by atoms with Crippen molar-refractivity contribution < 1.29 is 9.21 Å². The van der Waals surface area contributed by atoms with E-state index in [4.69, 9.17) is 16.0 Å². The second kappa shape index (κ2) is 7.41. The average Bonchev–Trinajstić information content (AvgIpc) is 3.07. The molecule has 6 heteroatoms. The van der Waals surface area contributed by atoms with Gasteiger partial charge in [-0.3, -0.25) is 4.79 Å². The molecule has 3 aromatic carbocycles. The van der Waals surface area contributed by atoms with Gasteiger partial charge in [0.05, 0.1) is 10.6 Å². The standard InChI is InChI=1S/C22H16BrClN2O2/c1-12-8-19-20(9-13(12)2)28-22(26-19)14-4-3-5-16(10-14)25-21(27)17-11-15(23)6-7-18(17)24/h3-11H,1-2H3,(H,25,27). The molecule has 1 aromatic heterocycles. The van der Waals surface area contributed by atoms with Gasteiger partial charge in [-0.2, -0.15) is 0 Å². The molecule has 0 aliphatic carbocycles. The van der Waals surface area contributed by atoms with E-state index < -0.39 is 0 Å². The third-order valence-corrected chi connectivity index (χ3v) is 5.37. The number of hydrogen-bond donors (Lipinski definition) is 1. The molecule has 0 spiro atoms. The second-order valence-electron chi connectivity index (χ2n) is 6.58. The van der Waals surface area contributed by atoms with Crippen LogP contribution in [0.5, 0.6) is 0 Å². The molecule has 1 N–H and O–H groups in total. The van der Waals surface area contributed by atoms with Crippen molar-refractivity contribution in [1.82, 2.24) is 4.98 Å². The van der Waals surface area contributed by atoms with E-state index in [0.717, 1.165) is 26.7 Å². The van der Waals surface area contributed by atoms with E-state index in [-0.39, 0.29) is 5.91 Å². The third-order valence-electron chi connectivity index (χ3n) is 4.54. The summed E-state index contributed by atoms with van der Waals surface area (Å²) in [6, 6.07) is 16.5. The van der Waals surface area contributed by atoms with Gasteiger partial charge in [0.1, 0.15) is 5.52 Å². The lowest BCUT2D eigenvalue weighted by atomic mass is 10.1. The summed E-state index contributed by atoms with van der Waals surface area (Å²) >= 11 is 9.51. The molecule has 0 atom stereocenters. The van der Waals surface area contributed by atoms with Gasteiger partial charge in [-0.05, 0) is 73.5 Å². The Bertz CT molecular complexity index is 1180. The van der Waals surface area contributed by atoms with Crippen molar-refractivity contribution in [3.63, 3.8) is 0 Å². The van der Waals surface area contributed by atoms with Gasteiger partial charge in [0.2, 0.25) is 5.89 Å². The molecule has 4 rings (SSSR count). The number of carbonyl (C=O) groups excluding carboxylic acids is 1. The van der Waals surface area contributed by atoms with Crippen molar-refractivity contribution in [2.24, 2.45) is 0 Å². The Hall–Kier alpha value is -2.63. The number of nitrogens with zero attached hydrogens (tertiary/aromatic N) is 1. The first-order chi connectivity index (χ1) is 13.4. The number of aryl methyl sites for hydroxylation is 2. The minimum Gasteiger partial charge on any atom is -0.436 e. The molecule has 0 bridgehead atoms. The van der Waals surface area contributed by atoms with Crippen LogP contribution in [0.15, 0.2) is 63.5 Å². The summed E-state index contributed by atoms with van der Waals surface area (Å²) in [5, 5.41) is 3.27. The van der Waals surface area contributed by atoms with Gasteiger partial charge in [0.15, 0.2) is 5.58 Å². The molecule has 1 heterocycles. The lowest BCUT2D eigenvalue weighted by Crippen LogP contribution is -2.12. The highest BCUT2D eigenvalue weighted by Crippen LogP contribution is 2.28. The molecule has 28 heavy (non-hydrogen) atoms. The summed E-state index contributed by atoms with van der Waals surface area (Å²) in [6.07, 6.45) is 0. The van der Waals surface area contributed by atoms with Gasteiger partial charge in [0, 0.05) is 15.7 Å². The highest BCUT2D eigenvalue weighted by atomic mass is 79.9. The molecule has 0 saturated heterocycles. The molecule has 0 aliphatic rings. The maximum absolute atomic E-state index is 12.6. The highest BCUT2D eigenvalue weighted by molar-refractivity contribution is 9.10. The predicted octanol–water partition coefficient (Wildman–Crippen LogP) is 6.78. The number of benzene rings is 3. The summed E-state index contributed by atoms with van der Waals surface area (Å²) in [7, 11) is 0. The number of amides is 1. The number of rotatable bonds is 3. The van der Waals surface area contributed by atoms with Crippen LogP contribution < -0.4 is 5.32 Å². The van der Waals surface area contributed by atoms with E-state index in [1.165, 1.54) is 5.56 Å². The van der Waals surface area contributed by atoms with Crippen LogP contribution in [0.1, 0.15) is 21.5 Å². The monoisotopic (exact) mass is 454 g/mol. The summed E-state index contributed by atoms with van der Waals surface area (Å²) in [5.74, 6) is 0.226. The van der Waals surface area contributed by atoms with Gasteiger partial charge < -0.3 is 9.73 Å². The summed E-state index contributed by atoms with van der Waals surface area (Å²) in [6.45, 7) is 4.09. The van der Waals surface area contributed by atoms with Crippen molar-refractivity contribution in [1.29, 1.82) is 0 Å². The maximum Gasteiger partial charge on any atom is 0.257 e. The zero-order valence-electron chi connectivity index (χ0n) is 15.2. The fourth-order valence-corrected chi connectivity index (χ4v) is 3.47. The lowest BCUT2D eigenvalue weighted by molar-refractivity contribution is 0.102. The molecule has 140 valence electrons. The van der Waals surface area contributed by atoms with Crippen molar-refractivity contribution in [2.75, 3.05) is 5.32 Å². The number of carbonyl (C=O) groups is 1. The van der Waals surface area contributed by atoms with Crippen LogP contribution in [0.25, 0.3) is 22.6 Å². The Morgan fingerprint density at radius 2 is 1.86 bits per heavy atom. The van der Waals surface area contributed by atoms with Gasteiger partial charge in [-0.15, -0.1) is 0 Å². The number of fused-ring (bicyclic) bond motifs is 1. The zero-order chi connectivity index (χ0) is 19.8. The average molecular weight is 456 g/mol. The number of nitrogens with one attached hydrogen (secondary N) is 1. The fourth-order valence-electron chi connectivity index (χ4n) is 2.90. The summed E-state index contributed by atoms with van der Waals surface area (Å²) in [4.78, 5) is 17.2. The van der Waals surface area contributed by atoms with E-state index in [2.05, 4.69) is 26.2 Å². The number of hydrogen-bond acceptors (Lipinski definition) is 3. The Labute approximate surface area is 175 Å². The molecule has 1 amide bonds. The quantitative estimate of drug-likeness (QED) is 0.370. The van der Waals surface area contributed by atoms with E-state index in [0.29, 0.717) is 22.2 Å². The first-order valence-electron chi connectivity index (χ1n) is 8.65. The topological polar surface area (TPSA) is 55.1 Å². The molecule has 0 saturated carbocycles. The number of halogens is 2. The zero-order valence-corrected chi connectivity index (χ0v) is 17.6. The molecular formula is C22H16BrClN2O2. The van der Waals surface area contributed by atoms with Crippen molar-refractivity contribution >= 4 is 50.2 Å². The van der Waals surface area contributed by atoms with Crippen LogP contribution in [0.3, 0.4) is 0 Å². The minimum absolute atomic E-state index is 0.285. The van der Waals surface area contributed by atoms with Gasteiger partial charge in [0.25, 0.3) is 5.91 Å². The van der Waals surface area contributed by atoms with Crippen LogP contribution >= 0.6 is 27.5 Å². The molecule has 4 nitrogen and oxygen atoms in total. The Kier molecular flexibility index (Phi) is 4.96. The van der Waals surface area contributed by atoms with E-state index in [1.54, 1.807) is 18.2 Å². The van der Waals surface area contributed by atoms with Crippen LogP contribution in [0.2, 0.25) is 5.02 Å². The van der Waals surface area contributed by atoms with Crippen LogP contribution in [0, 0.1) is 13.8 Å².